The number of carbonyl (C=O) groups is 2. The molecule has 0 radical (unpaired) electrons. The van der Waals surface area contributed by atoms with E-state index in [-0.39, 0.29) is 24.5 Å². The van der Waals surface area contributed by atoms with Crippen LogP contribution in [-0.2, 0) is 51.9 Å². The van der Waals surface area contributed by atoms with E-state index in [9.17, 15) is 24.9 Å². The van der Waals surface area contributed by atoms with E-state index >= 15 is 0 Å². The normalized spacial score (nSPS) is 27.0. The molecule has 71 heavy (non-hydrogen) atoms. The number of hydrogen-bond acceptors (Lipinski definition) is 14. The lowest BCUT2D eigenvalue weighted by atomic mass is 9.98. The first-order valence-corrected chi connectivity index (χ1v) is 31.6. The first kappa shape index (κ1) is 64.0. The van der Waals surface area contributed by atoms with E-state index in [4.69, 9.17) is 42.3 Å². The summed E-state index contributed by atoms with van der Waals surface area (Å²) in [7, 11) is -2.20. The van der Waals surface area contributed by atoms with Crippen LogP contribution in [0.5, 0.6) is 0 Å². The maximum Gasteiger partial charge on any atom is 0.306 e. The Labute approximate surface area is 432 Å². The average Bonchev–Trinajstić information content (AvgIpc) is 3.81. The van der Waals surface area contributed by atoms with Crippen LogP contribution in [-0.4, -0.2) is 122 Å². The smallest absolute Gasteiger partial charge is 0.306 e. The van der Waals surface area contributed by atoms with Gasteiger partial charge in [-0.2, -0.15) is 0 Å². The van der Waals surface area contributed by atoms with Crippen molar-refractivity contribution in [2.24, 2.45) is 0 Å². The highest BCUT2D eigenvalue weighted by molar-refractivity contribution is 6.74. The Morgan fingerprint density at radius 3 is 1.39 bits per heavy atom. The number of unbranched alkanes of at least 4 members (excludes halogenated alkanes) is 24. The first-order chi connectivity index (χ1) is 33.6. The van der Waals surface area contributed by atoms with Gasteiger partial charge in [0, 0.05) is 12.8 Å². The summed E-state index contributed by atoms with van der Waals surface area (Å²) in [5.74, 6) is -3.36. The average molecular weight is 1030 g/mol. The molecule has 15 heteroatoms. The molecule has 0 aromatic carbocycles. The van der Waals surface area contributed by atoms with E-state index in [0.717, 1.165) is 38.5 Å². The second-order valence-electron chi connectivity index (χ2n) is 23.4. The van der Waals surface area contributed by atoms with E-state index < -0.39 is 99.8 Å². The predicted molar refractivity (Wildman–Crippen MR) is 280 cm³/mol. The molecule has 0 aliphatic carbocycles. The van der Waals surface area contributed by atoms with Crippen molar-refractivity contribution in [3.63, 3.8) is 0 Å². The Bertz CT molecular complexity index is 1440. The Hall–Kier alpha value is -1.24. The van der Waals surface area contributed by atoms with E-state index in [1.165, 1.54) is 116 Å². The summed E-state index contributed by atoms with van der Waals surface area (Å²) in [6.07, 6.45) is 17.8. The third kappa shape index (κ3) is 23.7. The Morgan fingerprint density at radius 1 is 0.577 bits per heavy atom. The topological polar surface area (TPSA) is 178 Å². The molecule has 3 N–H and O–H groups in total. The van der Waals surface area contributed by atoms with Gasteiger partial charge in [0.25, 0.3) is 0 Å². The first-order valence-electron chi connectivity index (χ1n) is 28.7. The van der Waals surface area contributed by atoms with Crippen LogP contribution >= 0.6 is 0 Å². The molecule has 0 saturated carbocycles. The minimum Gasteiger partial charge on any atom is -0.455 e. The number of ether oxygens (including phenoxy) is 8. The fourth-order valence-corrected chi connectivity index (χ4v) is 10.7. The summed E-state index contributed by atoms with van der Waals surface area (Å²) in [5, 5.41) is 33.9. The summed E-state index contributed by atoms with van der Waals surface area (Å²) in [5.41, 5.74) is 0. The third-order valence-corrected chi connectivity index (χ3v) is 19.5. The zero-order chi connectivity index (χ0) is 52.5. The fraction of sp³-hybridized carbons (Fsp3) is 0.964. The maximum atomic E-state index is 13.6. The molecule has 3 heterocycles. The molecule has 14 nitrogen and oxygen atoms in total. The Balaban J connectivity index is 1.69. The largest absolute Gasteiger partial charge is 0.455 e. The summed E-state index contributed by atoms with van der Waals surface area (Å²) < 4.78 is 56.4. The standard InChI is InChI=1S/C56H106O14Si/c1-12-14-16-18-20-22-24-26-28-30-32-34-36-38-44(58)64-48-46(60)42(40-57)63-53(51(48)65-45(59)39-37-35-33-31-29-27-25-23-21-19-17-15-13-2)66-52(61)50-49(69-56(8,9)70-50)47-43(67-55(6,7)68-47)41-62-71(10,11)54(3,4)5/h42-43,46-53,57,60-61H,12-41H2,1-11H3/t42-,43-,46-,47-,48+,49+,50+,51+,52?,53+/m1/s1. The summed E-state index contributed by atoms with van der Waals surface area (Å²) in [4.78, 5) is 27.2. The maximum absolute atomic E-state index is 13.6. The number of aliphatic hydroxyl groups excluding tert-OH is 3. The lowest BCUT2D eigenvalue weighted by molar-refractivity contribution is -0.346. The Kier molecular flexibility index (Phi) is 29.8. The molecule has 0 spiro atoms. The molecular weight excluding hydrogens is 925 g/mol. The quantitative estimate of drug-likeness (QED) is 0.0230. The Morgan fingerprint density at radius 2 is 0.972 bits per heavy atom. The minimum atomic E-state index is -2.20. The van der Waals surface area contributed by atoms with Gasteiger partial charge in [0.1, 0.15) is 36.6 Å². The predicted octanol–water partition coefficient (Wildman–Crippen LogP) is 12.2. The zero-order valence-corrected chi connectivity index (χ0v) is 47.8. The molecule has 10 atom stereocenters. The molecule has 3 rings (SSSR count). The molecule has 3 aliphatic heterocycles. The van der Waals surface area contributed by atoms with E-state index in [1.807, 2.05) is 13.8 Å². The molecular formula is C56H106O14Si. The molecule has 0 aromatic heterocycles. The molecule has 3 fully saturated rings. The van der Waals surface area contributed by atoms with Gasteiger partial charge in [-0.15, -0.1) is 0 Å². The van der Waals surface area contributed by atoms with Gasteiger partial charge in [0.2, 0.25) is 6.29 Å². The number of aliphatic hydroxyl groups is 3. The molecule has 3 saturated heterocycles. The SMILES string of the molecule is CCCCCCCCCCCCCCCC(=O)O[C@@H]1[C@H](OC(O)[C@H]2OC(C)(C)O[C@H]2[C@@H]2OC(C)(C)O[C@@H]2CO[Si](C)(C)C(C)(C)C)O[C@H](CO)[C@@H](O)[C@@H]1OC(=O)CCCCCCCCCCCCCCC. The lowest BCUT2D eigenvalue weighted by Gasteiger charge is -2.43. The van der Waals surface area contributed by atoms with Crippen LogP contribution in [0.25, 0.3) is 0 Å². The number of hydrogen-bond donors (Lipinski definition) is 3. The molecule has 3 aliphatic rings. The second-order valence-corrected chi connectivity index (χ2v) is 28.2. The van der Waals surface area contributed by atoms with Gasteiger partial charge in [-0.25, -0.2) is 0 Å². The van der Waals surface area contributed by atoms with E-state index in [2.05, 4.69) is 47.7 Å². The van der Waals surface area contributed by atoms with Crippen molar-refractivity contribution < 1.29 is 67.2 Å². The summed E-state index contributed by atoms with van der Waals surface area (Å²) in [6, 6.07) is 0. The minimum absolute atomic E-state index is 0.0518. The second kappa shape index (κ2) is 33.0. The van der Waals surface area contributed by atoms with Crippen LogP contribution < -0.4 is 0 Å². The third-order valence-electron chi connectivity index (χ3n) is 15.0. The van der Waals surface area contributed by atoms with Crippen molar-refractivity contribution in [3.8, 4) is 0 Å². The van der Waals surface area contributed by atoms with Crippen molar-refractivity contribution in [1.82, 2.24) is 0 Å². The highest BCUT2D eigenvalue weighted by atomic mass is 28.4. The molecule has 0 amide bonds. The highest BCUT2D eigenvalue weighted by Crippen LogP contribution is 2.42. The van der Waals surface area contributed by atoms with Gasteiger partial charge < -0.3 is 57.6 Å². The van der Waals surface area contributed by atoms with Crippen LogP contribution in [0.3, 0.4) is 0 Å². The van der Waals surface area contributed by atoms with Gasteiger partial charge in [-0.05, 0) is 58.7 Å². The van der Waals surface area contributed by atoms with Crippen molar-refractivity contribution >= 4 is 20.3 Å². The van der Waals surface area contributed by atoms with Gasteiger partial charge in [0.05, 0.1) is 13.2 Å². The lowest BCUT2D eigenvalue weighted by Crippen LogP contribution is -2.63. The van der Waals surface area contributed by atoms with E-state index in [1.54, 1.807) is 13.8 Å². The van der Waals surface area contributed by atoms with Gasteiger partial charge in [-0.1, -0.05) is 189 Å². The molecule has 0 aromatic rings. The fourth-order valence-electron chi connectivity index (χ4n) is 9.69. The monoisotopic (exact) mass is 1030 g/mol. The van der Waals surface area contributed by atoms with Crippen LogP contribution in [0.2, 0.25) is 18.1 Å². The van der Waals surface area contributed by atoms with Crippen LogP contribution in [0, 0.1) is 0 Å². The highest BCUT2D eigenvalue weighted by Gasteiger charge is 2.58. The number of rotatable bonds is 38. The van der Waals surface area contributed by atoms with Gasteiger partial charge >= 0.3 is 11.9 Å². The number of esters is 2. The van der Waals surface area contributed by atoms with Crippen LogP contribution in [0.1, 0.15) is 242 Å². The van der Waals surface area contributed by atoms with Gasteiger partial charge in [-0.3, -0.25) is 9.59 Å². The number of carbonyl (C=O) groups excluding carboxylic acids is 2. The van der Waals surface area contributed by atoms with Crippen LogP contribution in [0.15, 0.2) is 0 Å². The van der Waals surface area contributed by atoms with Crippen molar-refractivity contribution in [3.05, 3.63) is 0 Å². The van der Waals surface area contributed by atoms with E-state index in [0.29, 0.717) is 12.8 Å². The van der Waals surface area contributed by atoms with Crippen LogP contribution in [0.4, 0.5) is 0 Å². The summed E-state index contributed by atoms with van der Waals surface area (Å²) in [6.45, 7) is 21.9. The van der Waals surface area contributed by atoms with Crippen molar-refractivity contribution in [2.45, 2.75) is 333 Å². The molecule has 0 bridgehead atoms. The zero-order valence-electron chi connectivity index (χ0n) is 46.8. The van der Waals surface area contributed by atoms with Crippen molar-refractivity contribution in [1.29, 1.82) is 0 Å². The summed E-state index contributed by atoms with van der Waals surface area (Å²) >= 11 is 0. The molecule has 418 valence electrons. The molecule has 1 unspecified atom stereocenters. The van der Waals surface area contributed by atoms with Gasteiger partial charge in [0.15, 0.2) is 38.4 Å². The van der Waals surface area contributed by atoms with Crippen molar-refractivity contribution in [2.75, 3.05) is 13.2 Å².